The van der Waals surface area contributed by atoms with Crippen LogP contribution in [0.3, 0.4) is 0 Å². The summed E-state index contributed by atoms with van der Waals surface area (Å²) in [5.74, 6) is 1.06. The summed E-state index contributed by atoms with van der Waals surface area (Å²) < 4.78 is 5.32. The average molecular weight is 356 g/mol. The van der Waals surface area contributed by atoms with Crippen molar-refractivity contribution in [3.05, 3.63) is 0 Å². The van der Waals surface area contributed by atoms with Crippen LogP contribution in [0, 0.1) is 23.2 Å². The summed E-state index contributed by atoms with van der Waals surface area (Å²) in [6.45, 7) is 2.51. The molecule has 1 heterocycles. The molecule has 1 amide bonds. The van der Waals surface area contributed by atoms with Gasteiger partial charge in [0, 0.05) is 19.5 Å². The van der Waals surface area contributed by atoms with Crippen molar-refractivity contribution in [3.8, 4) is 6.07 Å². The second-order valence-electron chi connectivity index (χ2n) is 7.15. The first-order chi connectivity index (χ1) is 11.1. The van der Waals surface area contributed by atoms with E-state index in [2.05, 4.69) is 11.4 Å². The maximum Gasteiger partial charge on any atom is 0.302 e. The Morgan fingerprint density at radius 1 is 1.25 bits per heavy atom. The Labute approximate surface area is 149 Å². The number of ether oxygens (including phenoxy) is 1. The van der Waals surface area contributed by atoms with E-state index in [4.69, 9.17) is 10.00 Å². The molecule has 2 aliphatic carbocycles. The van der Waals surface area contributed by atoms with Gasteiger partial charge in [-0.3, -0.25) is 9.59 Å². The van der Waals surface area contributed by atoms with E-state index >= 15 is 0 Å². The predicted octanol–water partition coefficient (Wildman–Crippen LogP) is 1.63. The Morgan fingerprint density at radius 3 is 2.50 bits per heavy atom. The van der Waals surface area contributed by atoms with Gasteiger partial charge in [0.25, 0.3) is 0 Å². The Kier molecular flexibility index (Phi) is 6.47. The van der Waals surface area contributed by atoms with Gasteiger partial charge in [0.2, 0.25) is 5.91 Å². The van der Waals surface area contributed by atoms with Crippen molar-refractivity contribution in [3.63, 3.8) is 0 Å². The van der Waals surface area contributed by atoms with Gasteiger partial charge < -0.3 is 15.0 Å². The monoisotopic (exact) mass is 355 g/mol. The van der Waals surface area contributed by atoms with E-state index < -0.39 is 0 Å². The van der Waals surface area contributed by atoms with Crippen LogP contribution >= 0.6 is 12.4 Å². The molecule has 3 fully saturated rings. The molecule has 0 radical (unpaired) electrons. The molecule has 2 unspecified atom stereocenters. The van der Waals surface area contributed by atoms with Crippen LogP contribution in [-0.4, -0.2) is 48.1 Å². The van der Waals surface area contributed by atoms with Crippen molar-refractivity contribution in [1.82, 2.24) is 10.2 Å². The highest BCUT2D eigenvalue weighted by molar-refractivity contribution is 5.85. The minimum Gasteiger partial charge on any atom is -0.463 e. The third-order valence-electron chi connectivity index (χ3n) is 5.57. The Hall–Kier alpha value is -1.32. The molecule has 6 nitrogen and oxygen atoms in total. The molecular weight excluding hydrogens is 330 g/mol. The van der Waals surface area contributed by atoms with E-state index in [1.165, 1.54) is 6.92 Å². The Morgan fingerprint density at radius 2 is 1.92 bits per heavy atom. The molecule has 134 valence electrons. The van der Waals surface area contributed by atoms with Gasteiger partial charge in [0.05, 0.1) is 12.6 Å². The average Bonchev–Trinajstić information content (AvgIpc) is 3.17. The lowest BCUT2D eigenvalue weighted by atomic mass is 10.0. The summed E-state index contributed by atoms with van der Waals surface area (Å²) >= 11 is 0. The summed E-state index contributed by atoms with van der Waals surface area (Å²) in [7, 11) is 0. The van der Waals surface area contributed by atoms with Crippen molar-refractivity contribution >= 4 is 24.3 Å². The number of rotatable bonds is 4. The van der Waals surface area contributed by atoms with E-state index in [-0.39, 0.29) is 36.4 Å². The van der Waals surface area contributed by atoms with Crippen LogP contribution in [0.2, 0.25) is 0 Å². The fraction of sp³-hybridized carbons (Fsp3) is 0.824. The van der Waals surface area contributed by atoms with Gasteiger partial charge in [0.15, 0.2) is 0 Å². The topological polar surface area (TPSA) is 82.4 Å². The lowest BCUT2D eigenvalue weighted by Crippen LogP contribution is -2.43. The zero-order chi connectivity index (χ0) is 16.4. The maximum atomic E-state index is 12.2. The molecule has 3 aliphatic rings. The van der Waals surface area contributed by atoms with Crippen LogP contribution in [0.5, 0.6) is 0 Å². The molecule has 0 aromatic heterocycles. The molecule has 0 spiro atoms. The largest absolute Gasteiger partial charge is 0.463 e. The van der Waals surface area contributed by atoms with Crippen LogP contribution in [0.25, 0.3) is 0 Å². The third kappa shape index (κ3) is 4.20. The number of hydrogen-bond donors (Lipinski definition) is 1. The normalized spacial score (nSPS) is 34.3. The predicted molar refractivity (Wildman–Crippen MR) is 90.4 cm³/mol. The second kappa shape index (κ2) is 8.17. The molecule has 5 atom stereocenters. The molecule has 3 rings (SSSR count). The minimum atomic E-state index is -0.239. The standard InChI is InChI=1S/C17H25N3O3.ClH/c1-11(21)23-16-7-12-5-14(6-13(12)8-16)19-10-17(22)20-4-2-3-15(20)9-18;/h12-16,19H,2-8,10H2,1H3;1H/t12-,13+,14?,15-,16?;/m0./s1. The molecule has 0 bridgehead atoms. The fourth-order valence-electron chi connectivity index (χ4n) is 4.59. The number of halogens is 1. The van der Waals surface area contributed by atoms with Crippen molar-refractivity contribution < 1.29 is 14.3 Å². The van der Waals surface area contributed by atoms with Crippen LogP contribution in [-0.2, 0) is 14.3 Å². The first-order valence-corrected chi connectivity index (χ1v) is 8.66. The molecule has 1 saturated heterocycles. The lowest BCUT2D eigenvalue weighted by molar-refractivity contribution is -0.146. The fourth-order valence-corrected chi connectivity index (χ4v) is 4.59. The van der Waals surface area contributed by atoms with Gasteiger partial charge >= 0.3 is 5.97 Å². The number of carbonyl (C=O) groups is 2. The van der Waals surface area contributed by atoms with Gasteiger partial charge in [-0.15, -0.1) is 12.4 Å². The smallest absolute Gasteiger partial charge is 0.302 e. The number of carbonyl (C=O) groups excluding carboxylic acids is 2. The molecule has 0 aromatic rings. The summed E-state index contributed by atoms with van der Waals surface area (Å²) in [6.07, 6.45) is 5.83. The lowest BCUT2D eigenvalue weighted by Gasteiger charge is -2.21. The molecule has 2 saturated carbocycles. The highest BCUT2D eigenvalue weighted by Gasteiger charge is 2.43. The van der Waals surface area contributed by atoms with Gasteiger partial charge in [-0.05, 0) is 50.4 Å². The van der Waals surface area contributed by atoms with Gasteiger partial charge in [-0.2, -0.15) is 5.26 Å². The molecule has 24 heavy (non-hydrogen) atoms. The van der Waals surface area contributed by atoms with Crippen LogP contribution in [0.1, 0.15) is 45.4 Å². The van der Waals surface area contributed by atoms with E-state index in [1.54, 1.807) is 4.90 Å². The van der Waals surface area contributed by atoms with E-state index in [0.717, 1.165) is 38.5 Å². The summed E-state index contributed by atoms with van der Waals surface area (Å²) in [4.78, 5) is 25.0. The number of amides is 1. The summed E-state index contributed by atoms with van der Waals surface area (Å²) in [5.41, 5.74) is 0. The minimum absolute atomic E-state index is 0. The van der Waals surface area contributed by atoms with Crippen LogP contribution in [0.4, 0.5) is 0 Å². The highest BCUT2D eigenvalue weighted by atomic mass is 35.5. The Balaban J connectivity index is 0.00000208. The van der Waals surface area contributed by atoms with Gasteiger partial charge in [0.1, 0.15) is 12.1 Å². The summed E-state index contributed by atoms with van der Waals surface area (Å²) in [6, 6.07) is 2.34. The molecule has 7 heteroatoms. The number of nitrogens with one attached hydrogen (secondary N) is 1. The number of likely N-dealkylation sites (tertiary alicyclic amines) is 1. The zero-order valence-corrected chi connectivity index (χ0v) is 14.9. The molecule has 0 aromatic carbocycles. The van der Waals surface area contributed by atoms with Crippen molar-refractivity contribution in [1.29, 1.82) is 5.26 Å². The van der Waals surface area contributed by atoms with Crippen molar-refractivity contribution in [2.24, 2.45) is 11.8 Å². The second-order valence-corrected chi connectivity index (χ2v) is 7.15. The number of nitrogens with zero attached hydrogens (tertiary/aromatic N) is 2. The number of nitriles is 1. The number of fused-ring (bicyclic) bond motifs is 1. The third-order valence-corrected chi connectivity index (χ3v) is 5.57. The first kappa shape index (κ1) is 19.0. The van der Waals surface area contributed by atoms with Crippen molar-refractivity contribution in [2.45, 2.75) is 63.6 Å². The van der Waals surface area contributed by atoms with Crippen molar-refractivity contribution in [2.75, 3.05) is 13.1 Å². The van der Waals surface area contributed by atoms with Gasteiger partial charge in [-0.1, -0.05) is 0 Å². The molecule has 1 N–H and O–H groups in total. The highest BCUT2D eigenvalue weighted by Crippen LogP contribution is 2.45. The molecule has 1 aliphatic heterocycles. The van der Waals surface area contributed by atoms with Crippen LogP contribution < -0.4 is 5.32 Å². The molecular formula is C17H26ClN3O3. The van der Waals surface area contributed by atoms with Gasteiger partial charge in [-0.25, -0.2) is 0 Å². The van der Waals surface area contributed by atoms with E-state index in [0.29, 0.717) is 31.0 Å². The van der Waals surface area contributed by atoms with Crippen LogP contribution in [0.15, 0.2) is 0 Å². The SMILES string of the molecule is CC(=O)OC1C[C@H]2CC(NCC(=O)N3CCC[C@H]3C#N)C[C@H]2C1.Cl. The summed E-state index contributed by atoms with van der Waals surface area (Å²) in [5, 5.41) is 12.4. The maximum absolute atomic E-state index is 12.2. The van der Waals surface area contributed by atoms with E-state index in [9.17, 15) is 9.59 Å². The first-order valence-electron chi connectivity index (χ1n) is 8.66. The van der Waals surface area contributed by atoms with E-state index in [1.807, 2.05) is 0 Å². The quantitative estimate of drug-likeness (QED) is 0.775. The Bertz CT molecular complexity index is 508. The number of hydrogen-bond acceptors (Lipinski definition) is 5. The number of esters is 1. The zero-order valence-electron chi connectivity index (χ0n) is 14.1.